The Morgan fingerprint density at radius 2 is 1.95 bits per heavy atom. The minimum Gasteiger partial charge on any atom is -0.211 e. The van der Waals surface area contributed by atoms with E-state index in [4.69, 9.17) is 23.2 Å². The van der Waals surface area contributed by atoms with Crippen LogP contribution in [0.25, 0.3) is 0 Å². The molecule has 0 bridgehead atoms. The van der Waals surface area contributed by atoms with Crippen molar-refractivity contribution >= 4 is 35.0 Å². The first-order valence-electron chi connectivity index (χ1n) is 5.84. The van der Waals surface area contributed by atoms with Gasteiger partial charge in [-0.25, -0.2) is 9.97 Å². The third-order valence-electron chi connectivity index (χ3n) is 2.48. The van der Waals surface area contributed by atoms with Crippen LogP contribution in [-0.4, -0.2) is 15.7 Å². The third-order valence-corrected chi connectivity index (χ3v) is 4.20. The van der Waals surface area contributed by atoms with Gasteiger partial charge >= 0.3 is 0 Å². The van der Waals surface area contributed by atoms with Crippen LogP contribution in [-0.2, 0) is 0 Å². The number of hydrogen-bond acceptors (Lipinski definition) is 3. The lowest BCUT2D eigenvalue weighted by Gasteiger charge is -2.07. The molecule has 0 aliphatic heterocycles. The van der Waals surface area contributed by atoms with E-state index in [2.05, 4.69) is 41.0 Å². The van der Waals surface area contributed by atoms with E-state index in [1.807, 2.05) is 19.1 Å². The van der Waals surface area contributed by atoms with Gasteiger partial charge in [-0.05, 0) is 24.9 Å². The van der Waals surface area contributed by atoms with Crippen LogP contribution in [0.4, 0.5) is 0 Å². The number of rotatable bonds is 3. The molecule has 0 fully saturated rings. The van der Waals surface area contributed by atoms with Crippen LogP contribution in [0.2, 0.25) is 10.4 Å². The zero-order chi connectivity index (χ0) is 15.0. The lowest BCUT2D eigenvalue weighted by Crippen LogP contribution is -1.94. The number of aromatic nitrogens is 2. The molecule has 104 valence electrons. The molecule has 1 aliphatic rings. The van der Waals surface area contributed by atoms with Gasteiger partial charge in [0.25, 0.3) is 0 Å². The predicted molar refractivity (Wildman–Crippen MR) is 88.4 cm³/mol. The van der Waals surface area contributed by atoms with Gasteiger partial charge in [-0.15, -0.1) is 24.6 Å². The Labute approximate surface area is 134 Å². The molecule has 5 heteroatoms. The van der Waals surface area contributed by atoms with Crippen LogP contribution in [0.5, 0.6) is 0 Å². The Morgan fingerprint density at radius 1 is 1.20 bits per heavy atom. The first kappa shape index (κ1) is 16.8. The van der Waals surface area contributed by atoms with E-state index in [9.17, 15) is 0 Å². The van der Waals surface area contributed by atoms with Crippen molar-refractivity contribution in [1.82, 2.24) is 9.97 Å². The van der Waals surface area contributed by atoms with E-state index in [1.54, 1.807) is 11.8 Å². The van der Waals surface area contributed by atoms with Gasteiger partial charge in [0.2, 0.25) is 5.28 Å². The molecule has 0 amide bonds. The van der Waals surface area contributed by atoms with Crippen molar-refractivity contribution in [3.8, 4) is 12.8 Å². The maximum Gasteiger partial charge on any atom is 0.224 e. The summed E-state index contributed by atoms with van der Waals surface area (Å²) in [5.41, 5.74) is 2.22. The number of thioether (sulfide) groups is 1. The minimum atomic E-state index is 0.197. The van der Waals surface area contributed by atoms with Gasteiger partial charge in [0.15, 0.2) is 0 Å². The van der Waals surface area contributed by atoms with Crippen molar-refractivity contribution in [2.75, 3.05) is 5.75 Å². The van der Waals surface area contributed by atoms with Gasteiger partial charge in [-0.2, -0.15) is 0 Å². The second-order valence-corrected chi connectivity index (χ2v) is 5.50. The molecule has 1 aromatic heterocycles. The van der Waals surface area contributed by atoms with Crippen molar-refractivity contribution in [3.05, 3.63) is 52.0 Å². The summed E-state index contributed by atoms with van der Waals surface area (Å²) in [5, 5.41) is 1.47. The van der Waals surface area contributed by atoms with E-state index in [-0.39, 0.29) is 5.28 Å². The molecule has 0 spiro atoms. The topological polar surface area (TPSA) is 25.8 Å². The van der Waals surface area contributed by atoms with Gasteiger partial charge in [0.1, 0.15) is 10.2 Å². The molecule has 0 unspecified atom stereocenters. The summed E-state index contributed by atoms with van der Waals surface area (Å²) in [7, 11) is 0. The van der Waals surface area contributed by atoms with Gasteiger partial charge in [-0.1, -0.05) is 47.6 Å². The summed E-state index contributed by atoms with van der Waals surface area (Å²) in [6, 6.07) is 0. The highest BCUT2D eigenvalue weighted by Crippen LogP contribution is 2.28. The van der Waals surface area contributed by atoms with Crippen LogP contribution in [0.15, 0.2) is 41.0 Å². The number of allylic oxidation sites excluding steroid dienone is 5. The summed E-state index contributed by atoms with van der Waals surface area (Å²) in [4.78, 5) is 8.12. The normalized spacial score (nSPS) is 13.2. The van der Waals surface area contributed by atoms with Crippen LogP contribution in [0.1, 0.15) is 12.0 Å². The van der Waals surface area contributed by atoms with Crippen LogP contribution in [0, 0.1) is 19.8 Å². The van der Waals surface area contributed by atoms with E-state index in [1.165, 1.54) is 5.57 Å². The molecule has 2 rings (SSSR count). The third kappa shape index (κ3) is 5.05. The molecule has 1 aromatic rings. The number of nitrogens with zero attached hydrogens (tertiary/aromatic N) is 2. The Balaban J connectivity index is 0.000000956. The highest BCUT2D eigenvalue weighted by molar-refractivity contribution is 7.99. The number of hydrogen-bond donors (Lipinski definition) is 0. The number of halogens is 2. The van der Waals surface area contributed by atoms with Crippen LogP contribution >= 0.6 is 35.0 Å². The maximum atomic E-state index is 5.98. The molecule has 0 N–H and O–H groups in total. The predicted octanol–water partition coefficient (Wildman–Crippen LogP) is 4.88. The fourth-order valence-corrected chi connectivity index (χ4v) is 2.96. The first-order chi connectivity index (χ1) is 9.66. The first-order valence-corrected chi connectivity index (χ1v) is 7.58. The lowest BCUT2D eigenvalue weighted by molar-refractivity contribution is 1.00. The Hall–Kier alpha value is -1.21. The van der Waals surface area contributed by atoms with Crippen LogP contribution in [0.3, 0.4) is 0 Å². The molecule has 0 saturated heterocycles. The summed E-state index contributed by atoms with van der Waals surface area (Å²) < 4.78 is 0. The molecular weight excluding hydrogens is 311 g/mol. The summed E-state index contributed by atoms with van der Waals surface area (Å²) in [6.07, 6.45) is 19.4. The quantitative estimate of drug-likeness (QED) is 0.343. The van der Waals surface area contributed by atoms with Crippen molar-refractivity contribution < 1.29 is 0 Å². The molecule has 1 aliphatic carbocycles. The standard InChI is InChI=1S/C13H12Cl2N2S.C2H2/c1-9-11(14)16-13(15)17-12(9)18-8-10-6-4-2-3-5-7-10;1-2/h2-6H,7-8H2,1H3;1-2H. The minimum absolute atomic E-state index is 0.197. The second-order valence-electron chi connectivity index (χ2n) is 3.84. The fourth-order valence-electron chi connectivity index (χ4n) is 1.48. The monoisotopic (exact) mass is 324 g/mol. The Kier molecular flexibility index (Phi) is 7.46. The van der Waals surface area contributed by atoms with Gasteiger partial charge in [0.05, 0.1) is 0 Å². The van der Waals surface area contributed by atoms with E-state index in [0.717, 1.165) is 22.8 Å². The SMILES string of the molecule is C#C.Cc1c(Cl)nc(Cl)nc1SCC1=CC=CC=CC1. The average molecular weight is 325 g/mol. The molecule has 20 heavy (non-hydrogen) atoms. The molecule has 1 heterocycles. The lowest BCUT2D eigenvalue weighted by atomic mass is 10.2. The second kappa shape index (κ2) is 8.86. The Bertz CT molecular complexity index is 575. The van der Waals surface area contributed by atoms with Gasteiger partial charge in [0, 0.05) is 11.3 Å². The Morgan fingerprint density at radius 3 is 2.70 bits per heavy atom. The summed E-state index contributed by atoms with van der Waals surface area (Å²) in [6.45, 7) is 1.91. The zero-order valence-electron chi connectivity index (χ0n) is 11.0. The highest BCUT2D eigenvalue weighted by Gasteiger charge is 2.09. The van der Waals surface area contributed by atoms with E-state index >= 15 is 0 Å². The molecule has 0 radical (unpaired) electrons. The molecular formula is C15H14Cl2N2S. The highest BCUT2D eigenvalue weighted by atomic mass is 35.5. The van der Waals surface area contributed by atoms with Crippen LogP contribution < -0.4 is 0 Å². The molecule has 0 aromatic carbocycles. The fraction of sp³-hybridized carbons (Fsp3) is 0.200. The largest absolute Gasteiger partial charge is 0.224 e. The van der Waals surface area contributed by atoms with Gasteiger partial charge in [-0.3, -0.25) is 0 Å². The zero-order valence-corrected chi connectivity index (χ0v) is 13.3. The van der Waals surface area contributed by atoms with Gasteiger partial charge < -0.3 is 0 Å². The van der Waals surface area contributed by atoms with Crippen molar-refractivity contribution in [3.63, 3.8) is 0 Å². The molecule has 2 nitrogen and oxygen atoms in total. The number of terminal acetylenes is 1. The molecule has 0 saturated carbocycles. The molecule has 0 atom stereocenters. The van der Waals surface area contributed by atoms with Crippen molar-refractivity contribution in [1.29, 1.82) is 0 Å². The summed E-state index contributed by atoms with van der Waals surface area (Å²) in [5.74, 6) is 0.874. The van der Waals surface area contributed by atoms with E-state index < -0.39 is 0 Å². The van der Waals surface area contributed by atoms with E-state index in [0.29, 0.717) is 5.15 Å². The average Bonchev–Trinajstić information content (AvgIpc) is 2.72. The van der Waals surface area contributed by atoms with Crippen molar-refractivity contribution in [2.45, 2.75) is 18.4 Å². The smallest absolute Gasteiger partial charge is 0.211 e. The van der Waals surface area contributed by atoms with Crippen molar-refractivity contribution in [2.24, 2.45) is 0 Å². The maximum absolute atomic E-state index is 5.98. The summed E-state index contributed by atoms with van der Waals surface area (Å²) >= 11 is 13.4.